The minimum absolute atomic E-state index is 0.204. The number of hydrogen-bond acceptors (Lipinski definition) is 3. The fourth-order valence-electron chi connectivity index (χ4n) is 2.74. The summed E-state index contributed by atoms with van der Waals surface area (Å²) in [5, 5.41) is 12.5. The Morgan fingerprint density at radius 1 is 1.45 bits per heavy atom. The normalized spacial score (nSPS) is 17.0. The molecule has 0 amide bonds. The molecule has 1 N–H and O–H groups in total. The van der Waals surface area contributed by atoms with Gasteiger partial charge in [0.1, 0.15) is 11.9 Å². The number of nitriles is 1. The van der Waals surface area contributed by atoms with Gasteiger partial charge in [0.2, 0.25) is 0 Å². The molecule has 22 heavy (non-hydrogen) atoms. The van der Waals surface area contributed by atoms with Crippen LogP contribution in [0.1, 0.15) is 25.8 Å². The first-order valence-corrected chi connectivity index (χ1v) is 7.49. The van der Waals surface area contributed by atoms with E-state index in [2.05, 4.69) is 23.2 Å². The fraction of sp³-hybridized carbons (Fsp3) is 0.389. The molecule has 1 aromatic rings. The highest BCUT2D eigenvalue weighted by molar-refractivity contribution is 5.48. The summed E-state index contributed by atoms with van der Waals surface area (Å²) in [6.07, 6.45) is 0.937. The summed E-state index contributed by atoms with van der Waals surface area (Å²) in [6, 6.07) is 9.03. The molecule has 0 unspecified atom stereocenters. The monoisotopic (exact) mass is 299 g/mol. The second-order valence-corrected chi connectivity index (χ2v) is 5.71. The van der Waals surface area contributed by atoms with Crippen molar-refractivity contribution in [2.45, 2.75) is 26.8 Å². The predicted octanol–water partition coefficient (Wildman–Crippen LogP) is 3.36. The average molecular weight is 299 g/mol. The summed E-state index contributed by atoms with van der Waals surface area (Å²) in [5.41, 5.74) is 4.94. The molecule has 1 heterocycles. The van der Waals surface area contributed by atoms with Crippen LogP contribution in [0.3, 0.4) is 0 Å². The van der Waals surface area contributed by atoms with E-state index < -0.39 is 0 Å². The zero-order valence-corrected chi connectivity index (χ0v) is 13.4. The van der Waals surface area contributed by atoms with Crippen LogP contribution in [-0.2, 0) is 6.54 Å². The molecule has 0 aliphatic carbocycles. The van der Waals surface area contributed by atoms with Crippen LogP contribution in [0, 0.1) is 17.1 Å². The molecule has 0 atom stereocenters. The molecule has 0 saturated heterocycles. The molecular weight excluding hydrogens is 277 g/mol. The van der Waals surface area contributed by atoms with Gasteiger partial charge in [-0.15, -0.1) is 0 Å². The van der Waals surface area contributed by atoms with E-state index in [1.807, 2.05) is 20.0 Å². The van der Waals surface area contributed by atoms with Gasteiger partial charge in [0, 0.05) is 32.4 Å². The quantitative estimate of drug-likeness (QED) is 0.866. The molecule has 0 saturated carbocycles. The van der Waals surface area contributed by atoms with Gasteiger partial charge in [-0.3, -0.25) is 4.90 Å². The van der Waals surface area contributed by atoms with E-state index in [4.69, 9.17) is 0 Å². The van der Waals surface area contributed by atoms with Gasteiger partial charge in [-0.1, -0.05) is 17.7 Å². The number of allylic oxidation sites excluding steroid dienone is 1. The number of nitrogens with one attached hydrogen (secondary N) is 1. The standard InChI is InChI=1S/C18H22FN3/c1-13-7-8-22(11-15-5-4-6-16(19)9-15)12-18(13)17(10-20)14(2)21-3/h4-6,9,21H,7-8,11-12H2,1-3H3/b17-14+. The van der Waals surface area contributed by atoms with E-state index in [0.29, 0.717) is 6.54 Å². The van der Waals surface area contributed by atoms with E-state index in [-0.39, 0.29) is 5.82 Å². The van der Waals surface area contributed by atoms with Crippen molar-refractivity contribution in [1.82, 2.24) is 10.2 Å². The van der Waals surface area contributed by atoms with Crippen molar-refractivity contribution in [3.05, 3.63) is 58.1 Å². The minimum Gasteiger partial charge on any atom is -0.391 e. The summed E-state index contributed by atoms with van der Waals surface area (Å²) in [5.74, 6) is -0.204. The number of benzene rings is 1. The van der Waals surface area contributed by atoms with Gasteiger partial charge >= 0.3 is 0 Å². The van der Waals surface area contributed by atoms with Gasteiger partial charge < -0.3 is 5.32 Å². The van der Waals surface area contributed by atoms with Crippen LogP contribution in [-0.4, -0.2) is 25.0 Å². The molecule has 1 aliphatic rings. The highest BCUT2D eigenvalue weighted by atomic mass is 19.1. The summed E-state index contributed by atoms with van der Waals surface area (Å²) in [6.45, 7) is 6.37. The van der Waals surface area contributed by atoms with Crippen molar-refractivity contribution < 1.29 is 4.39 Å². The summed E-state index contributed by atoms with van der Waals surface area (Å²) < 4.78 is 13.3. The molecule has 4 heteroatoms. The van der Waals surface area contributed by atoms with Gasteiger partial charge in [-0.2, -0.15) is 5.26 Å². The van der Waals surface area contributed by atoms with E-state index in [1.165, 1.54) is 11.6 Å². The van der Waals surface area contributed by atoms with Crippen molar-refractivity contribution in [2.75, 3.05) is 20.1 Å². The highest BCUT2D eigenvalue weighted by Gasteiger charge is 2.20. The van der Waals surface area contributed by atoms with Crippen LogP contribution >= 0.6 is 0 Å². The lowest BCUT2D eigenvalue weighted by atomic mass is 9.94. The summed E-state index contributed by atoms with van der Waals surface area (Å²) >= 11 is 0. The van der Waals surface area contributed by atoms with E-state index in [0.717, 1.165) is 41.9 Å². The molecule has 1 aliphatic heterocycles. The van der Waals surface area contributed by atoms with E-state index in [1.54, 1.807) is 12.1 Å². The Bertz CT molecular complexity index is 653. The second-order valence-electron chi connectivity index (χ2n) is 5.71. The van der Waals surface area contributed by atoms with Crippen molar-refractivity contribution in [2.24, 2.45) is 0 Å². The van der Waals surface area contributed by atoms with Gasteiger partial charge in [0.15, 0.2) is 0 Å². The fourth-order valence-corrected chi connectivity index (χ4v) is 2.74. The molecule has 0 aromatic heterocycles. The number of halogens is 1. The van der Waals surface area contributed by atoms with Gasteiger partial charge in [-0.25, -0.2) is 4.39 Å². The molecule has 116 valence electrons. The van der Waals surface area contributed by atoms with Crippen LogP contribution in [0.2, 0.25) is 0 Å². The van der Waals surface area contributed by atoms with Crippen LogP contribution in [0.4, 0.5) is 4.39 Å². The molecule has 0 spiro atoms. The molecule has 0 radical (unpaired) electrons. The average Bonchev–Trinajstić information content (AvgIpc) is 2.51. The molecule has 2 rings (SSSR count). The van der Waals surface area contributed by atoms with Crippen LogP contribution in [0.5, 0.6) is 0 Å². The van der Waals surface area contributed by atoms with Crippen molar-refractivity contribution in [1.29, 1.82) is 5.26 Å². The molecule has 0 fully saturated rings. The smallest absolute Gasteiger partial charge is 0.123 e. The van der Waals surface area contributed by atoms with E-state index in [9.17, 15) is 9.65 Å². The Morgan fingerprint density at radius 3 is 2.86 bits per heavy atom. The lowest BCUT2D eigenvalue weighted by molar-refractivity contribution is 0.278. The molecule has 3 nitrogen and oxygen atoms in total. The van der Waals surface area contributed by atoms with Crippen molar-refractivity contribution in [3.63, 3.8) is 0 Å². The largest absolute Gasteiger partial charge is 0.391 e. The number of hydrogen-bond donors (Lipinski definition) is 1. The van der Waals surface area contributed by atoms with Crippen molar-refractivity contribution >= 4 is 0 Å². The first-order valence-electron chi connectivity index (χ1n) is 7.49. The van der Waals surface area contributed by atoms with Gasteiger partial charge in [0.25, 0.3) is 0 Å². The first-order chi connectivity index (χ1) is 10.5. The zero-order chi connectivity index (χ0) is 16.1. The Labute approximate surface area is 131 Å². The summed E-state index contributed by atoms with van der Waals surface area (Å²) in [7, 11) is 1.83. The lowest BCUT2D eigenvalue weighted by Gasteiger charge is -2.30. The maximum atomic E-state index is 13.3. The minimum atomic E-state index is -0.204. The Balaban J connectivity index is 2.19. The van der Waals surface area contributed by atoms with Gasteiger partial charge in [-0.05, 0) is 43.5 Å². The van der Waals surface area contributed by atoms with E-state index >= 15 is 0 Å². The molecule has 1 aromatic carbocycles. The third-order valence-corrected chi connectivity index (χ3v) is 4.16. The van der Waals surface area contributed by atoms with Crippen LogP contribution in [0.25, 0.3) is 0 Å². The topological polar surface area (TPSA) is 39.1 Å². The van der Waals surface area contributed by atoms with Gasteiger partial charge in [0.05, 0.1) is 5.57 Å². The lowest BCUT2D eigenvalue weighted by Crippen LogP contribution is -2.32. The zero-order valence-electron chi connectivity index (χ0n) is 13.4. The van der Waals surface area contributed by atoms with Crippen molar-refractivity contribution in [3.8, 4) is 6.07 Å². The first kappa shape index (κ1) is 16.3. The van der Waals surface area contributed by atoms with Crippen LogP contribution < -0.4 is 5.32 Å². The highest BCUT2D eigenvalue weighted by Crippen LogP contribution is 2.26. The number of nitrogens with zero attached hydrogens (tertiary/aromatic N) is 2. The number of rotatable bonds is 4. The maximum Gasteiger partial charge on any atom is 0.123 e. The Morgan fingerprint density at radius 2 is 2.23 bits per heavy atom. The van der Waals surface area contributed by atoms with Crippen LogP contribution in [0.15, 0.2) is 46.7 Å². The second kappa shape index (κ2) is 7.24. The third-order valence-electron chi connectivity index (χ3n) is 4.16. The predicted molar refractivity (Wildman–Crippen MR) is 86.4 cm³/mol. The molecule has 0 bridgehead atoms. The molecular formula is C18H22FN3. The summed E-state index contributed by atoms with van der Waals surface area (Å²) in [4.78, 5) is 2.26. The Kier molecular flexibility index (Phi) is 5.35. The Hall–Kier alpha value is -2.12. The SMILES string of the molecule is CN/C(C)=C(\C#N)C1=C(C)CCN(Cc2cccc(F)c2)C1. The third kappa shape index (κ3) is 3.75. The maximum absolute atomic E-state index is 13.3.